The van der Waals surface area contributed by atoms with Crippen molar-refractivity contribution in [2.45, 2.75) is 117 Å². The van der Waals surface area contributed by atoms with E-state index in [9.17, 15) is 19.2 Å². The summed E-state index contributed by atoms with van der Waals surface area (Å²) in [7, 11) is 0. The van der Waals surface area contributed by atoms with Crippen molar-refractivity contribution in [2.24, 2.45) is 22.9 Å². The Morgan fingerprint density at radius 2 is 0.426 bits per heavy atom. The quantitative estimate of drug-likeness (QED) is 0.0262. The molecule has 646 valence electrons. The summed E-state index contributed by atoms with van der Waals surface area (Å²) >= 11 is 0. The molecule has 0 unspecified atom stereocenters. The number of primary amides is 1. The van der Waals surface area contributed by atoms with E-state index < -0.39 is 149 Å². The predicted octanol–water partition coefficient (Wildman–Crippen LogP) is 8.11. The Kier molecular flexibility index (Phi) is 39.1. The van der Waals surface area contributed by atoms with E-state index in [1.54, 1.807) is 166 Å². The van der Waals surface area contributed by atoms with Gasteiger partial charge in [0.1, 0.15) is 45.8 Å². The first-order valence-corrected chi connectivity index (χ1v) is 41.7. The van der Waals surface area contributed by atoms with Gasteiger partial charge in [-0.15, -0.1) is 0 Å². The summed E-state index contributed by atoms with van der Waals surface area (Å²) < 4.78 is 0. The maximum absolute atomic E-state index is 15.8. The normalized spacial score (nSPS) is 11.7. The zero-order valence-corrected chi connectivity index (χ0v) is 70.8. The molecule has 3 atom stereocenters. The van der Waals surface area contributed by atoms with E-state index in [0.29, 0.717) is 66.3 Å². The van der Waals surface area contributed by atoms with Crippen LogP contribution >= 0.6 is 0 Å². The zero-order valence-electron chi connectivity index (χ0n) is 70.8. The van der Waals surface area contributed by atoms with Crippen LogP contribution in [0, 0.1) is 0 Å². The lowest BCUT2D eigenvalue weighted by Crippen LogP contribution is -2.53. The topological polar surface area (TPSA) is 345 Å². The SMILES string of the molecule is CC(=O)N(CC(=O)N(CC(=O)N(CCCCN)CC(=O)N(CC(=O)N(CC(=O)N(CCCCN)CC(=O)N(CC(=O)N(CC(=O)N(CCCCN)CC(=O)N(CC(=O)N(CC(N)=O)Cc1ccccc1)Cc1ccccc1)[C@@H](C)c1ccccc1)[C@@H](C)c1ccccc1)[C@@H](C)c1ccccc1)Cc1ccccc1)Cc1ccccc1)Cc1ccccc1. The van der Waals surface area contributed by atoms with Gasteiger partial charge >= 0.3 is 0 Å². The van der Waals surface area contributed by atoms with Gasteiger partial charge in [0.2, 0.25) is 70.9 Å². The number of hydrogen-bond donors (Lipinski definition) is 4. The molecule has 0 radical (unpaired) electrons. The molecular weight excluding hydrogens is 1540 g/mol. The number of carbonyl (C=O) groups excluding carboxylic acids is 12. The van der Waals surface area contributed by atoms with Crippen molar-refractivity contribution >= 4 is 70.9 Å². The van der Waals surface area contributed by atoms with Crippen LogP contribution in [0.2, 0.25) is 0 Å². The monoisotopic (exact) mass is 1660 g/mol. The highest BCUT2D eigenvalue weighted by Crippen LogP contribution is 2.27. The third kappa shape index (κ3) is 30.8. The fourth-order valence-corrected chi connectivity index (χ4v) is 14.2. The number of hydrogen-bond acceptors (Lipinski definition) is 15. The van der Waals surface area contributed by atoms with Crippen molar-refractivity contribution in [1.29, 1.82) is 0 Å². The number of nitrogens with zero attached hydrogens (tertiary/aromatic N) is 11. The number of rotatable bonds is 50. The number of unbranched alkanes of at least 4 members (excludes halogenated alkanes) is 3. The molecular formula is C95H119N15O12. The number of nitrogens with two attached hydrogens (primary N) is 4. The molecule has 0 aromatic heterocycles. The van der Waals surface area contributed by atoms with Gasteiger partial charge in [-0.2, -0.15) is 0 Å². The molecule has 12 amide bonds. The Bertz CT molecular complexity index is 4630. The fourth-order valence-electron chi connectivity index (χ4n) is 14.2. The molecule has 0 fully saturated rings. The van der Waals surface area contributed by atoms with Gasteiger partial charge in [-0.1, -0.05) is 243 Å². The third-order valence-electron chi connectivity index (χ3n) is 21.4. The Hall–Kier alpha value is -12.7. The smallest absolute Gasteiger partial charge is 0.243 e. The van der Waals surface area contributed by atoms with E-state index >= 15 is 38.4 Å². The van der Waals surface area contributed by atoms with Gasteiger partial charge in [0.15, 0.2) is 0 Å². The second-order valence-corrected chi connectivity index (χ2v) is 30.5. The molecule has 0 bridgehead atoms. The molecule has 0 saturated carbocycles. The lowest BCUT2D eigenvalue weighted by atomic mass is 10.1. The van der Waals surface area contributed by atoms with Gasteiger partial charge in [-0.25, -0.2) is 0 Å². The van der Waals surface area contributed by atoms with Crippen molar-refractivity contribution in [3.8, 4) is 0 Å². The van der Waals surface area contributed by atoms with Crippen LogP contribution in [0.25, 0.3) is 0 Å². The predicted molar refractivity (Wildman–Crippen MR) is 468 cm³/mol. The highest BCUT2D eigenvalue weighted by atomic mass is 16.2. The van der Waals surface area contributed by atoms with Gasteiger partial charge in [-0.05, 0) is 123 Å². The standard InChI is InChI=1S/C95H119N15O12/c1-73(82-45-23-10-24-46-82)108(94(121)69-107(61-81-43-21-9-22-44-81)88(115)63-100(54-32-29-51-96)86(113)66-105(59-79-39-17-7-18-40-79)89(116)65-103(76(4)111)57-77-35-13-5-14-36-77)70-92(119)102(56-34-31-53-98)68-93(120)110(75(3)84-49-27-12-28-50-84)72-95(122)109(74(2)83-47-25-11-26-48-83)71-91(118)101(55-33-30-52-97)64-87(114)106(60-80-41-19-8-20-42-80)67-90(117)104(62-85(99)112)58-78-37-15-6-16-38-78/h5-28,35-50,73-75H,29-34,51-72,96-98H2,1-4H3,(H2,99,112)/t73-,74-,75-/m0/s1. The van der Waals surface area contributed by atoms with Crippen molar-refractivity contribution in [3.63, 3.8) is 0 Å². The zero-order chi connectivity index (χ0) is 87.7. The van der Waals surface area contributed by atoms with Gasteiger partial charge in [0.05, 0.1) is 44.3 Å². The molecule has 8 aromatic carbocycles. The summed E-state index contributed by atoms with van der Waals surface area (Å²) in [5, 5.41) is 0. The second-order valence-electron chi connectivity index (χ2n) is 30.5. The largest absolute Gasteiger partial charge is 0.368 e. The minimum atomic E-state index is -0.839. The summed E-state index contributed by atoms with van der Waals surface area (Å²) in [6.07, 6.45) is 2.46. The Morgan fingerprint density at radius 1 is 0.238 bits per heavy atom. The molecule has 0 aliphatic rings. The van der Waals surface area contributed by atoms with Crippen LogP contribution in [0.4, 0.5) is 0 Å². The van der Waals surface area contributed by atoms with Gasteiger partial charge in [0.25, 0.3) is 0 Å². The molecule has 0 aliphatic carbocycles. The Labute approximate surface area is 717 Å². The molecule has 8 rings (SSSR count). The van der Waals surface area contributed by atoms with Crippen LogP contribution in [0.15, 0.2) is 243 Å². The van der Waals surface area contributed by atoms with Crippen LogP contribution in [0.1, 0.15) is 129 Å². The van der Waals surface area contributed by atoms with E-state index in [0.717, 1.165) is 16.7 Å². The summed E-state index contributed by atoms with van der Waals surface area (Å²) in [5.41, 5.74) is 29.3. The molecule has 27 nitrogen and oxygen atoms in total. The lowest BCUT2D eigenvalue weighted by molar-refractivity contribution is -0.151. The van der Waals surface area contributed by atoms with E-state index in [4.69, 9.17) is 22.9 Å². The number of amides is 12. The average Bonchev–Trinajstić information content (AvgIpc) is 0.811. The van der Waals surface area contributed by atoms with Gasteiger partial charge in [-0.3, -0.25) is 57.5 Å². The highest BCUT2D eigenvalue weighted by molar-refractivity contribution is 5.95. The van der Waals surface area contributed by atoms with Gasteiger partial charge < -0.3 is 76.8 Å². The fraction of sp³-hybridized carbons (Fsp3) is 0.368. The summed E-state index contributed by atoms with van der Waals surface area (Å²) in [6.45, 7) is 1.72. The summed E-state index contributed by atoms with van der Waals surface area (Å²) in [6, 6.07) is 69.8. The molecule has 8 aromatic rings. The lowest BCUT2D eigenvalue weighted by Gasteiger charge is -2.37. The highest BCUT2D eigenvalue weighted by Gasteiger charge is 2.37. The first-order valence-electron chi connectivity index (χ1n) is 41.7. The molecule has 27 heteroatoms. The summed E-state index contributed by atoms with van der Waals surface area (Å²) in [5.74, 6) is -7.25. The van der Waals surface area contributed by atoms with Crippen molar-refractivity contribution in [1.82, 2.24) is 53.9 Å². The maximum Gasteiger partial charge on any atom is 0.243 e. The third-order valence-corrected chi connectivity index (χ3v) is 21.4. The van der Waals surface area contributed by atoms with Crippen LogP contribution in [0.5, 0.6) is 0 Å². The van der Waals surface area contributed by atoms with Gasteiger partial charge in [0, 0.05) is 59.3 Å². The average molecular weight is 1660 g/mol. The van der Waals surface area contributed by atoms with Crippen LogP contribution in [0.3, 0.4) is 0 Å². The number of benzene rings is 8. The van der Waals surface area contributed by atoms with Crippen LogP contribution in [-0.2, 0) is 90.3 Å². The first-order chi connectivity index (χ1) is 58.9. The van der Waals surface area contributed by atoms with Crippen molar-refractivity contribution in [2.75, 3.05) is 111 Å². The minimum Gasteiger partial charge on any atom is -0.368 e. The second kappa shape index (κ2) is 50.4. The number of carbonyl (C=O) groups is 12. The molecule has 0 heterocycles. The Morgan fingerprint density at radius 3 is 0.680 bits per heavy atom. The van der Waals surface area contributed by atoms with E-state index in [1.165, 1.54) is 60.8 Å². The van der Waals surface area contributed by atoms with Crippen molar-refractivity contribution < 1.29 is 57.5 Å². The van der Waals surface area contributed by atoms with Crippen LogP contribution < -0.4 is 22.9 Å². The molecule has 122 heavy (non-hydrogen) atoms. The maximum atomic E-state index is 15.8. The van der Waals surface area contributed by atoms with Crippen LogP contribution in [-0.4, -0.2) is 236 Å². The first kappa shape index (κ1) is 94.8. The minimum absolute atomic E-state index is 0.00322. The Balaban J connectivity index is 1.09. The summed E-state index contributed by atoms with van der Waals surface area (Å²) in [4.78, 5) is 193. The van der Waals surface area contributed by atoms with E-state index in [-0.39, 0.29) is 84.4 Å². The van der Waals surface area contributed by atoms with E-state index in [2.05, 4.69) is 0 Å². The van der Waals surface area contributed by atoms with E-state index in [1.807, 2.05) is 97.1 Å². The molecule has 0 spiro atoms. The molecule has 8 N–H and O–H groups in total. The van der Waals surface area contributed by atoms with Crippen molar-refractivity contribution in [3.05, 3.63) is 287 Å². The molecule has 0 aliphatic heterocycles. The molecule has 0 saturated heterocycles.